The quantitative estimate of drug-likeness (QED) is 0.306. The maximum atomic E-state index is 6.57. The molecule has 2 aliphatic rings. The molecule has 162 valence electrons. The van der Waals surface area contributed by atoms with Crippen molar-refractivity contribution >= 4 is 0 Å². The standard InChI is InChI=1S/C33H25N/c34-20-31-29(32-25-14-5-1-10-21(25)22-11-2-6-15-26(22)32)18-9-19-30(31)33-27-16-7-3-12-23(27)24-13-4-8-17-28(24)33/h1-19,32-33H,20,34H2. The molecule has 0 amide bonds. The number of hydrogen-bond donors (Lipinski definition) is 1. The summed E-state index contributed by atoms with van der Waals surface area (Å²) in [6.45, 7) is 0.521. The molecule has 0 aromatic heterocycles. The normalized spacial score (nSPS) is 13.9. The molecule has 0 spiro atoms. The van der Waals surface area contributed by atoms with E-state index in [1.165, 1.54) is 61.2 Å². The average molecular weight is 436 g/mol. The van der Waals surface area contributed by atoms with Crippen LogP contribution in [0.5, 0.6) is 0 Å². The molecule has 0 aliphatic heterocycles. The van der Waals surface area contributed by atoms with Gasteiger partial charge in [-0.3, -0.25) is 0 Å². The van der Waals surface area contributed by atoms with Gasteiger partial charge in [0.05, 0.1) is 0 Å². The van der Waals surface area contributed by atoms with E-state index >= 15 is 0 Å². The summed E-state index contributed by atoms with van der Waals surface area (Å²) in [7, 11) is 0. The van der Waals surface area contributed by atoms with Gasteiger partial charge in [0.15, 0.2) is 0 Å². The molecule has 0 unspecified atom stereocenters. The van der Waals surface area contributed by atoms with Gasteiger partial charge >= 0.3 is 0 Å². The lowest BCUT2D eigenvalue weighted by molar-refractivity contribution is 0.896. The lowest BCUT2D eigenvalue weighted by Gasteiger charge is -2.24. The highest BCUT2D eigenvalue weighted by molar-refractivity contribution is 5.83. The molecule has 0 fully saturated rings. The van der Waals surface area contributed by atoms with Crippen molar-refractivity contribution in [3.05, 3.63) is 154 Å². The van der Waals surface area contributed by atoms with Crippen LogP contribution in [-0.2, 0) is 6.54 Å². The zero-order valence-corrected chi connectivity index (χ0v) is 18.9. The maximum absolute atomic E-state index is 6.57. The Kier molecular flexibility index (Phi) is 4.33. The highest BCUT2D eigenvalue weighted by atomic mass is 14.5. The first kappa shape index (κ1) is 19.5. The minimum absolute atomic E-state index is 0.206. The Bertz CT molecular complexity index is 1360. The number of rotatable bonds is 3. The SMILES string of the molecule is NCc1c(C2c3ccccc3-c3ccccc32)cccc1C1c2ccccc2-c2ccccc21. The van der Waals surface area contributed by atoms with Crippen LogP contribution in [0.2, 0.25) is 0 Å². The van der Waals surface area contributed by atoms with Crippen LogP contribution in [0.4, 0.5) is 0 Å². The molecule has 1 heteroatoms. The Morgan fingerprint density at radius 3 is 1.00 bits per heavy atom. The number of fused-ring (bicyclic) bond motifs is 6. The second-order valence-corrected chi connectivity index (χ2v) is 9.33. The molecular formula is C33H25N. The molecule has 2 N–H and O–H groups in total. The number of nitrogens with two attached hydrogens (primary N) is 1. The van der Waals surface area contributed by atoms with E-state index in [4.69, 9.17) is 5.73 Å². The zero-order chi connectivity index (χ0) is 22.6. The summed E-state index contributed by atoms with van der Waals surface area (Å²) in [5, 5.41) is 0. The average Bonchev–Trinajstić information content (AvgIpc) is 3.41. The summed E-state index contributed by atoms with van der Waals surface area (Å²) in [5.41, 5.74) is 21.4. The number of benzene rings is 5. The summed E-state index contributed by atoms with van der Waals surface area (Å²) < 4.78 is 0. The maximum Gasteiger partial charge on any atom is 0.0355 e. The summed E-state index contributed by atoms with van der Waals surface area (Å²) >= 11 is 0. The van der Waals surface area contributed by atoms with Crippen molar-refractivity contribution in [1.29, 1.82) is 0 Å². The Balaban J connectivity index is 1.48. The van der Waals surface area contributed by atoms with Gasteiger partial charge in [0.2, 0.25) is 0 Å². The monoisotopic (exact) mass is 435 g/mol. The van der Waals surface area contributed by atoms with Crippen LogP contribution >= 0.6 is 0 Å². The smallest absolute Gasteiger partial charge is 0.0355 e. The van der Waals surface area contributed by atoms with Crippen molar-refractivity contribution in [3.8, 4) is 22.3 Å². The first-order valence-electron chi connectivity index (χ1n) is 12.0. The first-order valence-corrected chi connectivity index (χ1v) is 12.0. The highest BCUT2D eigenvalue weighted by Gasteiger charge is 2.34. The van der Waals surface area contributed by atoms with Gasteiger partial charge in [-0.2, -0.15) is 0 Å². The Labute approximate surface area is 200 Å². The molecule has 0 radical (unpaired) electrons. The van der Waals surface area contributed by atoms with Gasteiger partial charge in [0.1, 0.15) is 0 Å². The predicted octanol–water partition coefficient (Wildman–Crippen LogP) is 7.47. The molecule has 7 rings (SSSR count). The summed E-state index contributed by atoms with van der Waals surface area (Å²) in [6.07, 6.45) is 0. The van der Waals surface area contributed by atoms with Crippen LogP contribution in [-0.4, -0.2) is 0 Å². The lowest BCUT2D eigenvalue weighted by Crippen LogP contribution is -2.13. The molecule has 0 bridgehead atoms. The van der Waals surface area contributed by atoms with Crippen LogP contribution in [0.1, 0.15) is 50.8 Å². The molecule has 34 heavy (non-hydrogen) atoms. The van der Waals surface area contributed by atoms with Crippen LogP contribution in [0.3, 0.4) is 0 Å². The van der Waals surface area contributed by atoms with E-state index in [0.29, 0.717) is 6.54 Å². The van der Waals surface area contributed by atoms with Crippen molar-refractivity contribution in [3.63, 3.8) is 0 Å². The van der Waals surface area contributed by atoms with E-state index in [9.17, 15) is 0 Å². The third-order valence-electron chi connectivity index (χ3n) is 7.74. The van der Waals surface area contributed by atoms with E-state index in [-0.39, 0.29) is 11.8 Å². The predicted molar refractivity (Wildman–Crippen MR) is 140 cm³/mol. The van der Waals surface area contributed by atoms with Gasteiger partial charge in [0.25, 0.3) is 0 Å². The van der Waals surface area contributed by atoms with E-state index in [0.717, 1.165) is 0 Å². The van der Waals surface area contributed by atoms with Crippen molar-refractivity contribution < 1.29 is 0 Å². The fourth-order valence-corrected chi connectivity index (χ4v) is 6.38. The number of hydrogen-bond acceptors (Lipinski definition) is 1. The van der Waals surface area contributed by atoms with Gasteiger partial charge < -0.3 is 5.73 Å². The molecule has 0 saturated heterocycles. The van der Waals surface area contributed by atoms with Crippen LogP contribution in [0, 0.1) is 0 Å². The molecular weight excluding hydrogens is 410 g/mol. The molecule has 0 heterocycles. The van der Waals surface area contributed by atoms with Gasteiger partial charge in [0, 0.05) is 18.4 Å². The Hall–Kier alpha value is -3.94. The third-order valence-corrected chi connectivity index (χ3v) is 7.74. The lowest BCUT2D eigenvalue weighted by atomic mass is 9.80. The first-order chi connectivity index (χ1) is 16.9. The molecule has 0 atom stereocenters. The van der Waals surface area contributed by atoms with E-state index in [2.05, 4.69) is 115 Å². The van der Waals surface area contributed by atoms with Crippen LogP contribution < -0.4 is 5.73 Å². The third kappa shape index (κ3) is 2.65. The fraction of sp³-hybridized carbons (Fsp3) is 0.0909. The minimum atomic E-state index is 0.206. The zero-order valence-electron chi connectivity index (χ0n) is 18.9. The van der Waals surface area contributed by atoms with Crippen molar-refractivity contribution in [2.45, 2.75) is 18.4 Å². The van der Waals surface area contributed by atoms with E-state index in [1.807, 2.05) is 0 Å². The molecule has 5 aromatic rings. The molecule has 0 saturated carbocycles. The van der Waals surface area contributed by atoms with Gasteiger partial charge in [-0.25, -0.2) is 0 Å². The molecule has 5 aromatic carbocycles. The Morgan fingerprint density at radius 2 is 0.676 bits per heavy atom. The van der Waals surface area contributed by atoms with Crippen LogP contribution in [0.15, 0.2) is 115 Å². The van der Waals surface area contributed by atoms with Gasteiger partial charge in [-0.05, 0) is 61.2 Å². The van der Waals surface area contributed by atoms with E-state index < -0.39 is 0 Å². The van der Waals surface area contributed by atoms with E-state index in [1.54, 1.807) is 0 Å². The van der Waals surface area contributed by atoms with Crippen molar-refractivity contribution in [1.82, 2.24) is 0 Å². The fourth-order valence-electron chi connectivity index (χ4n) is 6.38. The van der Waals surface area contributed by atoms with Gasteiger partial charge in [-0.1, -0.05) is 115 Å². The van der Waals surface area contributed by atoms with Crippen molar-refractivity contribution in [2.24, 2.45) is 5.73 Å². The van der Waals surface area contributed by atoms with Gasteiger partial charge in [-0.15, -0.1) is 0 Å². The molecule has 1 nitrogen and oxygen atoms in total. The second kappa shape index (κ2) is 7.55. The second-order valence-electron chi connectivity index (χ2n) is 9.33. The largest absolute Gasteiger partial charge is 0.326 e. The minimum Gasteiger partial charge on any atom is -0.326 e. The van der Waals surface area contributed by atoms with Crippen molar-refractivity contribution in [2.75, 3.05) is 0 Å². The summed E-state index contributed by atoms with van der Waals surface area (Å²) in [5.74, 6) is 0.413. The highest BCUT2D eigenvalue weighted by Crippen LogP contribution is 2.52. The Morgan fingerprint density at radius 1 is 0.382 bits per heavy atom. The topological polar surface area (TPSA) is 26.0 Å². The summed E-state index contributed by atoms with van der Waals surface area (Å²) in [4.78, 5) is 0. The summed E-state index contributed by atoms with van der Waals surface area (Å²) in [6, 6.07) is 42.2. The van der Waals surface area contributed by atoms with Crippen LogP contribution in [0.25, 0.3) is 22.3 Å². The molecule has 2 aliphatic carbocycles.